The number of aryl methyl sites for hydroxylation is 4. The van der Waals surface area contributed by atoms with Crippen LogP contribution in [0.2, 0.25) is 0 Å². The normalized spacial score (nSPS) is 31.0. The van der Waals surface area contributed by atoms with E-state index in [1.165, 1.54) is 72.1 Å². The van der Waals surface area contributed by atoms with Crippen molar-refractivity contribution in [2.45, 2.75) is 70.4 Å². The summed E-state index contributed by atoms with van der Waals surface area (Å²) in [6.07, 6.45) is 5.65. The Morgan fingerprint density at radius 1 is 1.03 bits per heavy atom. The zero-order chi connectivity index (χ0) is 24.1. The summed E-state index contributed by atoms with van der Waals surface area (Å²) in [6.45, 7) is 8.32. The Labute approximate surface area is 212 Å². The maximum absolute atomic E-state index is 7.11. The van der Waals surface area contributed by atoms with Crippen molar-refractivity contribution in [2.24, 2.45) is 5.41 Å². The minimum absolute atomic E-state index is 0.0105. The zero-order valence-corrected chi connectivity index (χ0v) is 21.7. The smallest absolute Gasteiger partial charge is 0.151 e. The lowest BCUT2D eigenvalue weighted by molar-refractivity contribution is -0.0910. The van der Waals surface area contributed by atoms with Gasteiger partial charge in [0.05, 0.1) is 16.6 Å². The molecule has 3 heterocycles. The standard InChI is InChI=1S/C33H32N2O/c1-17-8-9-21-15-25-32(3)16-23-18(2)26-22-7-5-6-19-10-11-20(27(19)22)14-24(26)34-29(23)31-33(32,12-13-35(25)4)28(21)30(17)36-31/h5-9,14,25,31H,10-13,15-16H2,1-4H3/t25-,31-,32-,33-/m0/s1. The SMILES string of the molecule is Cc1ccc2c3c1O[C@H]1c4nc5cc6c7c(cccc7c5c(C)c4C[C@@]4(C)[C@H](C2)N(C)CC[C@]314)CC6. The molecule has 0 N–H and O–H groups in total. The van der Waals surface area contributed by atoms with Crippen LogP contribution in [-0.2, 0) is 31.1 Å². The fourth-order valence-electron chi connectivity index (χ4n) is 9.60. The molecular weight excluding hydrogens is 440 g/mol. The van der Waals surface area contributed by atoms with E-state index in [1.807, 2.05) is 0 Å². The van der Waals surface area contributed by atoms with Crippen molar-refractivity contribution in [3.63, 3.8) is 0 Å². The van der Waals surface area contributed by atoms with Gasteiger partial charge in [-0.1, -0.05) is 37.3 Å². The van der Waals surface area contributed by atoms with E-state index in [4.69, 9.17) is 9.72 Å². The summed E-state index contributed by atoms with van der Waals surface area (Å²) >= 11 is 0. The average molecular weight is 473 g/mol. The van der Waals surface area contributed by atoms with Crippen molar-refractivity contribution in [1.29, 1.82) is 0 Å². The van der Waals surface area contributed by atoms with E-state index in [-0.39, 0.29) is 16.9 Å². The van der Waals surface area contributed by atoms with E-state index in [1.54, 1.807) is 0 Å². The first kappa shape index (κ1) is 20.2. The number of nitrogens with zero attached hydrogens (tertiary/aromatic N) is 2. The molecule has 1 spiro atoms. The van der Waals surface area contributed by atoms with Gasteiger partial charge in [0.1, 0.15) is 5.75 Å². The molecule has 1 aromatic heterocycles. The molecule has 1 saturated heterocycles. The number of aromatic nitrogens is 1. The maximum Gasteiger partial charge on any atom is 0.151 e. The van der Waals surface area contributed by atoms with Crippen LogP contribution in [0.3, 0.4) is 0 Å². The summed E-state index contributed by atoms with van der Waals surface area (Å²) in [5.41, 5.74) is 12.7. The number of benzene rings is 3. The quantitative estimate of drug-likeness (QED) is 0.281. The predicted molar refractivity (Wildman–Crippen MR) is 144 cm³/mol. The van der Waals surface area contributed by atoms with Gasteiger partial charge in [-0.05, 0) is 110 Å². The Bertz CT molecular complexity index is 1700. The van der Waals surface area contributed by atoms with Crippen LogP contribution >= 0.6 is 0 Å². The Balaban J connectivity index is 1.40. The van der Waals surface area contributed by atoms with E-state index < -0.39 is 0 Å². The van der Waals surface area contributed by atoms with Gasteiger partial charge in [0.25, 0.3) is 0 Å². The number of hydrogen-bond acceptors (Lipinski definition) is 3. The molecule has 180 valence electrons. The minimum Gasteiger partial charge on any atom is -0.483 e. The lowest BCUT2D eigenvalue weighted by atomic mass is 9.44. The monoisotopic (exact) mass is 472 g/mol. The molecule has 2 aliphatic heterocycles. The van der Waals surface area contributed by atoms with Gasteiger partial charge in [-0.3, -0.25) is 0 Å². The molecule has 0 radical (unpaired) electrons. The van der Waals surface area contributed by atoms with Crippen molar-refractivity contribution in [2.75, 3.05) is 13.6 Å². The highest BCUT2D eigenvalue weighted by Gasteiger charge is 2.70. The van der Waals surface area contributed by atoms with Crippen molar-refractivity contribution in [3.05, 3.63) is 81.0 Å². The highest BCUT2D eigenvalue weighted by molar-refractivity contribution is 6.11. The van der Waals surface area contributed by atoms with Gasteiger partial charge < -0.3 is 9.64 Å². The van der Waals surface area contributed by atoms with Gasteiger partial charge in [-0.2, -0.15) is 0 Å². The third kappa shape index (κ3) is 1.98. The Hall–Kier alpha value is -2.91. The van der Waals surface area contributed by atoms with Crippen molar-refractivity contribution >= 4 is 21.7 Å². The summed E-state index contributed by atoms with van der Waals surface area (Å²) < 4.78 is 7.11. The number of fused-ring (bicyclic) bond motifs is 4. The summed E-state index contributed by atoms with van der Waals surface area (Å²) in [5, 5.41) is 4.27. The molecule has 2 bridgehead atoms. The zero-order valence-electron chi connectivity index (χ0n) is 21.7. The largest absolute Gasteiger partial charge is 0.483 e. The third-order valence-electron chi connectivity index (χ3n) is 11.3. The molecule has 0 unspecified atom stereocenters. The van der Waals surface area contributed by atoms with Crippen LogP contribution in [0, 0.1) is 19.3 Å². The lowest BCUT2D eigenvalue weighted by Crippen LogP contribution is -2.68. The number of rotatable bonds is 0. The number of ether oxygens (including phenoxy) is 1. The highest BCUT2D eigenvalue weighted by Crippen LogP contribution is 2.71. The molecule has 3 nitrogen and oxygen atoms in total. The molecule has 4 aromatic rings. The lowest BCUT2D eigenvalue weighted by Gasteiger charge is -2.64. The second kappa shape index (κ2) is 6.14. The summed E-state index contributed by atoms with van der Waals surface area (Å²) in [5.74, 6) is 1.17. The van der Waals surface area contributed by atoms with Crippen LogP contribution in [0.4, 0.5) is 0 Å². The Morgan fingerprint density at radius 2 is 1.89 bits per heavy atom. The van der Waals surface area contributed by atoms with E-state index in [9.17, 15) is 0 Å². The third-order valence-corrected chi connectivity index (χ3v) is 11.3. The molecule has 5 aliphatic rings. The van der Waals surface area contributed by atoms with Gasteiger partial charge in [0.15, 0.2) is 6.10 Å². The molecular formula is C33H32N2O. The number of pyridine rings is 1. The van der Waals surface area contributed by atoms with Crippen molar-refractivity contribution < 1.29 is 4.74 Å². The van der Waals surface area contributed by atoms with E-state index in [0.29, 0.717) is 6.04 Å². The van der Waals surface area contributed by atoms with Gasteiger partial charge in [0.2, 0.25) is 0 Å². The van der Waals surface area contributed by atoms with Crippen LogP contribution in [0.5, 0.6) is 5.75 Å². The fourth-order valence-corrected chi connectivity index (χ4v) is 9.60. The van der Waals surface area contributed by atoms with E-state index in [0.717, 1.165) is 38.6 Å². The minimum atomic E-state index is 0.0105. The topological polar surface area (TPSA) is 25.4 Å². The molecule has 9 rings (SSSR count). The molecule has 0 saturated carbocycles. The van der Waals surface area contributed by atoms with Gasteiger partial charge in [0, 0.05) is 22.4 Å². The Kier molecular flexibility index (Phi) is 3.44. The molecule has 3 aliphatic carbocycles. The van der Waals surface area contributed by atoms with Gasteiger partial charge >= 0.3 is 0 Å². The summed E-state index contributed by atoms with van der Waals surface area (Å²) in [7, 11) is 2.35. The average Bonchev–Trinajstić information content (AvgIpc) is 3.44. The van der Waals surface area contributed by atoms with Gasteiger partial charge in [-0.25, -0.2) is 4.98 Å². The van der Waals surface area contributed by atoms with Crippen LogP contribution in [-0.4, -0.2) is 29.5 Å². The molecule has 1 fully saturated rings. The first-order valence-electron chi connectivity index (χ1n) is 13.8. The first-order chi connectivity index (χ1) is 17.4. The molecule has 36 heavy (non-hydrogen) atoms. The molecule has 4 atom stereocenters. The number of piperidine rings is 1. The molecule has 0 amide bonds. The molecule has 3 aromatic carbocycles. The predicted octanol–water partition coefficient (Wildman–Crippen LogP) is 6.30. The molecule has 3 heteroatoms. The summed E-state index contributed by atoms with van der Waals surface area (Å²) in [6, 6.07) is 14.5. The van der Waals surface area contributed by atoms with E-state index >= 15 is 0 Å². The number of hydrogen-bond donors (Lipinski definition) is 0. The van der Waals surface area contributed by atoms with Crippen LogP contribution in [0.25, 0.3) is 21.7 Å². The number of likely N-dealkylation sites (N-methyl/N-ethyl adjacent to an activating group) is 1. The first-order valence-corrected chi connectivity index (χ1v) is 13.8. The van der Waals surface area contributed by atoms with Crippen LogP contribution < -0.4 is 4.74 Å². The van der Waals surface area contributed by atoms with Gasteiger partial charge in [-0.15, -0.1) is 0 Å². The highest BCUT2D eigenvalue weighted by atomic mass is 16.5. The maximum atomic E-state index is 7.11. The number of likely N-dealkylation sites (tertiary alicyclic amines) is 1. The summed E-state index contributed by atoms with van der Waals surface area (Å²) in [4.78, 5) is 8.20. The van der Waals surface area contributed by atoms with Crippen molar-refractivity contribution in [1.82, 2.24) is 9.88 Å². The Morgan fingerprint density at radius 3 is 2.78 bits per heavy atom. The second-order valence-electron chi connectivity index (χ2n) is 12.6. The fraction of sp³-hybridized carbons (Fsp3) is 0.424. The van der Waals surface area contributed by atoms with Crippen molar-refractivity contribution in [3.8, 4) is 5.75 Å². The van der Waals surface area contributed by atoms with Crippen LogP contribution in [0.15, 0.2) is 36.4 Å². The van der Waals surface area contributed by atoms with Crippen LogP contribution in [0.1, 0.15) is 64.1 Å². The second-order valence-corrected chi connectivity index (χ2v) is 12.6. The van der Waals surface area contributed by atoms with E-state index in [2.05, 4.69) is 69.1 Å².